The molecular weight excluding hydrogens is 430 g/mol. The van der Waals surface area contributed by atoms with E-state index in [-0.39, 0.29) is 24.9 Å². The molecule has 3 heterocycles. The van der Waals surface area contributed by atoms with E-state index in [1.165, 1.54) is 18.4 Å². The first-order chi connectivity index (χ1) is 15.5. The van der Waals surface area contributed by atoms with E-state index in [4.69, 9.17) is 15.2 Å². The van der Waals surface area contributed by atoms with E-state index < -0.39 is 5.91 Å². The third kappa shape index (κ3) is 3.54. The van der Waals surface area contributed by atoms with Crippen LogP contribution in [0.2, 0.25) is 0 Å². The maximum atomic E-state index is 12.6. The lowest BCUT2D eigenvalue weighted by molar-refractivity contribution is -0.120. The Kier molecular flexibility index (Phi) is 4.98. The normalized spacial score (nSPS) is 15.3. The summed E-state index contributed by atoms with van der Waals surface area (Å²) in [6.45, 7) is -0.249. The van der Waals surface area contributed by atoms with Crippen LogP contribution in [0.3, 0.4) is 0 Å². The van der Waals surface area contributed by atoms with E-state index in [1.807, 2.05) is 30.3 Å². The van der Waals surface area contributed by atoms with Crippen LogP contribution >= 0.6 is 11.3 Å². The summed E-state index contributed by atoms with van der Waals surface area (Å²) in [5.41, 5.74) is 7.80. The van der Waals surface area contributed by atoms with Gasteiger partial charge < -0.3 is 20.5 Å². The molecule has 162 valence electrons. The maximum absolute atomic E-state index is 12.6. The van der Waals surface area contributed by atoms with Gasteiger partial charge in [-0.05, 0) is 29.8 Å². The zero-order valence-corrected chi connectivity index (χ0v) is 17.9. The smallest absolute Gasteiger partial charge is 0.255 e. The molecule has 1 aliphatic rings. The van der Waals surface area contributed by atoms with Crippen molar-refractivity contribution in [3.63, 3.8) is 0 Å². The molecule has 9 nitrogen and oxygen atoms in total. The number of nitrogens with zero attached hydrogens (tertiary/aromatic N) is 3. The van der Waals surface area contributed by atoms with E-state index in [0.717, 1.165) is 21.3 Å². The molecule has 10 heteroatoms. The first-order valence-corrected chi connectivity index (χ1v) is 10.7. The second-order valence-corrected chi connectivity index (χ2v) is 8.30. The summed E-state index contributed by atoms with van der Waals surface area (Å²) in [4.78, 5) is 28.3. The van der Waals surface area contributed by atoms with Gasteiger partial charge in [0.05, 0.1) is 23.5 Å². The lowest BCUT2D eigenvalue weighted by Gasteiger charge is -2.24. The molecular formula is C22H19N5O4S. The van der Waals surface area contributed by atoms with Crippen molar-refractivity contribution in [3.05, 3.63) is 59.8 Å². The number of carbonyl (C=O) groups excluding carboxylic acids is 2. The minimum atomic E-state index is -0.577. The van der Waals surface area contributed by atoms with Gasteiger partial charge in [0.15, 0.2) is 18.1 Å². The highest BCUT2D eigenvalue weighted by Crippen LogP contribution is 2.41. The molecule has 4 aromatic rings. The van der Waals surface area contributed by atoms with Crippen LogP contribution in [0, 0.1) is 0 Å². The number of methoxy groups -OCH3 is 1. The summed E-state index contributed by atoms with van der Waals surface area (Å²) in [6, 6.07) is 13.2. The third-order valence-corrected chi connectivity index (χ3v) is 6.26. The predicted molar refractivity (Wildman–Crippen MR) is 120 cm³/mol. The van der Waals surface area contributed by atoms with Crippen molar-refractivity contribution >= 4 is 39.2 Å². The highest BCUT2D eigenvalue weighted by Gasteiger charge is 2.31. The van der Waals surface area contributed by atoms with Crippen LogP contribution in [0.25, 0.3) is 15.3 Å². The highest BCUT2D eigenvalue weighted by molar-refractivity contribution is 7.20. The average molecular weight is 449 g/mol. The molecule has 0 aliphatic carbocycles. The summed E-state index contributed by atoms with van der Waals surface area (Å²) < 4.78 is 13.6. The van der Waals surface area contributed by atoms with Crippen molar-refractivity contribution in [2.45, 2.75) is 12.3 Å². The van der Waals surface area contributed by atoms with Crippen molar-refractivity contribution in [3.8, 4) is 16.6 Å². The number of hydrogen-bond donors (Lipinski definition) is 2. The lowest BCUT2D eigenvalue weighted by Crippen LogP contribution is -2.24. The van der Waals surface area contributed by atoms with E-state index >= 15 is 0 Å². The van der Waals surface area contributed by atoms with E-state index in [0.29, 0.717) is 22.4 Å². The molecule has 0 saturated carbocycles. The van der Waals surface area contributed by atoms with Gasteiger partial charge >= 0.3 is 0 Å². The number of carbonyl (C=O) groups is 2. The lowest BCUT2D eigenvalue weighted by atomic mass is 9.87. The van der Waals surface area contributed by atoms with Crippen molar-refractivity contribution in [2.24, 2.45) is 5.73 Å². The number of hydrogen-bond acceptors (Lipinski definition) is 7. The van der Waals surface area contributed by atoms with Gasteiger partial charge in [0, 0.05) is 17.9 Å². The van der Waals surface area contributed by atoms with Crippen LogP contribution in [0.1, 0.15) is 23.5 Å². The summed E-state index contributed by atoms with van der Waals surface area (Å²) in [6.07, 6.45) is 2.03. The van der Waals surface area contributed by atoms with Crippen molar-refractivity contribution < 1.29 is 19.1 Å². The molecule has 0 bridgehead atoms. The number of nitrogens with one attached hydrogen (secondary N) is 1. The van der Waals surface area contributed by atoms with Gasteiger partial charge in [-0.1, -0.05) is 29.5 Å². The minimum Gasteiger partial charge on any atom is -0.493 e. The summed E-state index contributed by atoms with van der Waals surface area (Å²) in [5.74, 6) is 0.556. The second-order valence-electron chi connectivity index (χ2n) is 7.29. The molecule has 3 N–H and O–H groups in total. The van der Waals surface area contributed by atoms with Gasteiger partial charge in [0.2, 0.25) is 11.0 Å². The Balaban J connectivity index is 1.53. The van der Waals surface area contributed by atoms with E-state index in [9.17, 15) is 9.59 Å². The fourth-order valence-corrected chi connectivity index (χ4v) is 4.71. The first kappa shape index (κ1) is 20.0. The van der Waals surface area contributed by atoms with Crippen LogP contribution < -0.4 is 20.5 Å². The molecule has 0 unspecified atom stereocenters. The molecule has 32 heavy (non-hydrogen) atoms. The Hall–Kier alpha value is -3.92. The molecule has 1 atom stereocenters. The Morgan fingerprint density at radius 1 is 1.28 bits per heavy atom. The molecule has 5 rings (SSSR count). The number of aromatic nitrogens is 3. The highest BCUT2D eigenvalue weighted by atomic mass is 32.1. The molecule has 2 aromatic heterocycles. The SMILES string of the molecule is COc1cc([C@@H]2CC(=O)Nc3c2cnn3-c2nc3ccccc3s2)ccc1OCC(N)=O. The Labute approximate surface area is 186 Å². The molecule has 0 saturated heterocycles. The number of thiazole rings is 1. The van der Waals surface area contributed by atoms with Gasteiger partial charge in [-0.25, -0.2) is 4.98 Å². The third-order valence-electron chi connectivity index (χ3n) is 5.24. The number of benzene rings is 2. The largest absolute Gasteiger partial charge is 0.493 e. The van der Waals surface area contributed by atoms with Crippen molar-refractivity contribution in [2.75, 3.05) is 19.0 Å². The number of fused-ring (bicyclic) bond motifs is 2. The van der Waals surface area contributed by atoms with Crippen LogP contribution in [0.15, 0.2) is 48.7 Å². The van der Waals surface area contributed by atoms with Crippen LogP contribution in [0.4, 0.5) is 5.82 Å². The molecule has 2 amide bonds. The molecule has 2 aromatic carbocycles. The Bertz CT molecular complexity index is 1310. The second kappa shape index (κ2) is 7.97. The number of primary amides is 1. The quantitative estimate of drug-likeness (QED) is 0.467. The van der Waals surface area contributed by atoms with E-state index in [1.54, 1.807) is 23.0 Å². The zero-order chi connectivity index (χ0) is 22.2. The van der Waals surface area contributed by atoms with Crippen molar-refractivity contribution in [1.29, 1.82) is 0 Å². The Morgan fingerprint density at radius 2 is 2.12 bits per heavy atom. The van der Waals surface area contributed by atoms with Gasteiger partial charge in [0.1, 0.15) is 5.82 Å². The molecule has 0 radical (unpaired) electrons. The van der Waals surface area contributed by atoms with Gasteiger partial charge in [-0.3, -0.25) is 9.59 Å². The monoisotopic (exact) mass is 449 g/mol. The van der Waals surface area contributed by atoms with Gasteiger partial charge in [-0.15, -0.1) is 0 Å². The number of rotatable bonds is 6. The molecule has 0 fully saturated rings. The number of amides is 2. The minimum absolute atomic E-state index is 0.113. The van der Waals surface area contributed by atoms with Crippen LogP contribution in [-0.2, 0) is 9.59 Å². The fourth-order valence-electron chi connectivity index (χ4n) is 3.78. The predicted octanol–water partition coefficient (Wildman–Crippen LogP) is 2.83. The summed E-state index contributed by atoms with van der Waals surface area (Å²) >= 11 is 1.51. The van der Waals surface area contributed by atoms with Crippen molar-refractivity contribution in [1.82, 2.24) is 14.8 Å². The topological polar surface area (TPSA) is 121 Å². The first-order valence-electron chi connectivity index (χ1n) is 9.86. The maximum Gasteiger partial charge on any atom is 0.255 e. The van der Waals surface area contributed by atoms with Crippen LogP contribution in [0.5, 0.6) is 11.5 Å². The van der Waals surface area contributed by atoms with Crippen LogP contribution in [-0.4, -0.2) is 40.3 Å². The number of anilines is 1. The number of ether oxygens (including phenoxy) is 2. The Morgan fingerprint density at radius 3 is 2.91 bits per heavy atom. The zero-order valence-electron chi connectivity index (χ0n) is 17.1. The number of para-hydroxylation sites is 1. The molecule has 0 spiro atoms. The number of nitrogens with two attached hydrogens (primary N) is 1. The summed E-state index contributed by atoms with van der Waals surface area (Å²) in [7, 11) is 1.51. The van der Waals surface area contributed by atoms with Gasteiger partial charge in [0.25, 0.3) is 5.91 Å². The fraction of sp³-hybridized carbons (Fsp3) is 0.182. The standard InChI is InChI=1S/C22H19N5O4S/c1-30-17-8-12(6-7-16(17)31-11-19(23)28)13-9-20(29)26-21-14(13)10-24-27(21)22-25-15-4-2-3-5-18(15)32-22/h2-8,10,13H,9,11H2,1H3,(H2,23,28)(H,26,29)/t13-/m0/s1. The average Bonchev–Trinajstić information content (AvgIpc) is 3.40. The van der Waals surface area contributed by atoms with E-state index in [2.05, 4.69) is 15.4 Å². The van der Waals surface area contributed by atoms with Gasteiger partial charge in [-0.2, -0.15) is 9.78 Å². The summed E-state index contributed by atoms with van der Waals surface area (Å²) in [5, 5.41) is 8.15. The molecule has 1 aliphatic heterocycles.